The molecule has 1 aromatic rings. The van der Waals surface area contributed by atoms with Crippen molar-refractivity contribution in [2.24, 2.45) is 23.7 Å². The number of unbranched alkanes of at least 4 members (excludes halogenated alkanes) is 1. The molecule has 2 saturated carbocycles. The van der Waals surface area contributed by atoms with Gasteiger partial charge in [-0.25, -0.2) is 0 Å². The van der Waals surface area contributed by atoms with E-state index >= 15 is 0 Å². The second kappa shape index (κ2) is 12.3. The lowest BCUT2D eigenvalue weighted by molar-refractivity contribution is -0.137. The Morgan fingerprint density at radius 1 is 0.844 bits per heavy atom. The lowest BCUT2D eigenvalue weighted by Crippen LogP contribution is -2.25. The number of benzene rings is 1. The zero-order valence-electron chi connectivity index (χ0n) is 19.0. The molecule has 0 N–H and O–H groups in total. The lowest BCUT2D eigenvalue weighted by atomic mass is 9.68. The largest absolute Gasteiger partial charge is 0.416 e. The molecule has 0 bridgehead atoms. The third kappa shape index (κ3) is 7.84. The van der Waals surface area contributed by atoms with Crippen molar-refractivity contribution in [3.8, 4) is 6.07 Å². The molecule has 1 aromatic carbocycles. The van der Waals surface area contributed by atoms with Crippen LogP contribution < -0.4 is 0 Å². The highest BCUT2D eigenvalue weighted by atomic mass is 19.4. The normalized spacial score (nSPS) is 27.1. The number of allylic oxidation sites excluding steroid dienone is 4. The maximum absolute atomic E-state index is 12.7. The van der Waals surface area contributed by atoms with E-state index in [-0.39, 0.29) is 0 Å². The Labute approximate surface area is 191 Å². The molecule has 0 atom stereocenters. The number of hydrogen-bond donors (Lipinski definition) is 0. The fourth-order valence-electron chi connectivity index (χ4n) is 5.70. The van der Waals surface area contributed by atoms with Crippen LogP contribution in [-0.4, -0.2) is 0 Å². The summed E-state index contributed by atoms with van der Waals surface area (Å²) in [5.74, 6) is 3.32. The smallest absolute Gasteiger partial charge is 0.193 e. The van der Waals surface area contributed by atoms with Gasteiger partial charge in [0, 0.05) is 6.08 Å². The molecule has 2 aliphatic carbocycles. The summed E-state index contributed by atoms with van der Waals surface area (Å²) in [6, 6.07) is 7.68. The molecule has 1 nitrogen and oxygen atoms in total. The number of aryl methyl sites for hydroxylation is 1. The van der Waals surface area contributed by atoms with Crippen molar-refractivity contribution in [3.63, 3.8) is 0 Å². The van der Waals surface area contributed by atoms with Crippen LogP contribution in [0.2, 0.25) is 0 Å². The Morgan fingerprint density at radius 2 is 1.47 bits per heavy atom. The van der Waals surface area contributed by atoms with E-state index in [0.717, 1.165) is 36.2 Å². The van der Waals surface area contributed by atoms with E-state index < -0.39 is 11.7 Å². The Bertz CT molecular complexity index is 768. The number of nitrogens with zero attached hydrogens (tertiary/aromatic N) is 1. The first-order chi connectivity index (χ1) is 15.5. The minimum Gasteiger partial charge on any atom is -0.193 e. The molecule has 0 heterocycles. The van der Waals surface area contributed by atoms with Gasteiger partial charge < -0.3 is 0 Å². The molecule has 0 unspecified atom stereocenters. The van der Waals surface area contributed by atoms with Crippen LogP contribution in [0.5, 0.6) is 0 Å². The molecule has 0 aromatic heterocycles. The number of nitriles is 1. The number of rotatable bonds is 8. The van der Waals surface area contributed by atoms with E-state index in [4.69, 9.17) is 5.26 Å². The van der Waals surface area contributed by atoms with Crippen LogP contribution in [0, 0.1) is 35.0 Å². The van der Waals surface area contributed by atoms with E-state index in [1.54, 1.807) is 12.1 Å². The summed E-state index contributed by atoms with van der Waals surface area (Å²) in [5.41, 5.74) is 0.448. The summed E-state index contributed by atoms with van der Waals surface area (Å²) in [6.45, 7) is 0. The first-order valence-corrected chi connectivity index (χ1v) is 12.3. The molecule has 0 spiro atoms. The van der Waals surface area contributed by atoms with E-state index in [1.807, 2.05) is 18.2 Å². The zero-order valence-corrected chi connectivity index (χ0v) is 19.0. The topological polar surface area (TPSA) is 23.8 Å². The SMILES string of the molecule is N#CC=CC=C[C@H]1CC[C@H]([C@H]2CC[C@H](CCCCc3ccc(C(F)(F)F)cc3)CC2)CC1. The maximum Gasteiger partial charge on any atom is 0.416 e. The fraction of sp³-hybridized carbons (Fsp3) is 0.607. The molecule has 2 aliphatic rings. The summed E-state index contributed by atoms with van der Waals surface area (Å²) in [5, 5.41) is 8.54. The highest BCUT2D eigenvalue weighted by Crippen LogP contribution is 2.42. The van der Waals surface area contributed by atoms with Gasteiger partial charge in [-0.15, -0.1) is 0 Å². The van der Waals surface area contributed by atoms with Crippen molar-refractivity contribution in [1.82, 2.24) is 0 Å². The Kier molecular flexibility index (Phi) is 9.45. The minimum absolute atomic E-state index is 0.560. The summed E-state index contributed by atoms with van der Waals surface area (Å²) in [7, 11) is 0. The average molecular weight is 444 g/mol. The molecule has 0 amide bonds. The van der Waals surface area contributed by atoms with Crippen LogP contribution in [0.4, 0.5) is 13.2 Å². The van der Waals surface area contributed by atoms with Crippen LogP contribution in [0.1, 0.15) is 81.8 Å². The Morgan fingerprint density at radius 3 is 2.06 bits per heavy atom. The first kappa shape index (κ1) is 24.6. The van der Waals surface area contributed by atoms with E-state index in [0.29, 0.717) is 5.92 Å². The quantitative estimate of drug-likeness (QED) is 0.224. The van der Waals surface area contributed by atoms with Crippen molar-refractivity contribution < 1.29 is 13.2 Å². The monoisotopic (exact) mass is 443 g/mol. The second-order valence-corrected chi connectivity index (χ2v) is 9.77. The van der Waals surface area contributed by atoms with E-state index in [9.17, 15) is 13.2 Å². The van der Waals surface area contributed by atoms with Crippen molar-refractivity contribution in [1.29, 1.82) is 5.26 Å². The van der Waals surface area contributed by atoms with E-state index in [2.05, 4.69) is 6.08 Å². The van der Waals surface area contributed by atoms with Gasteiger partial charge in [0.05, 0.1) is 11.6 Å². The fourth-order valence-corrected chi connectivity index (χ4v) is 5.70. The first-order valence-electron chi connectivity index (χ1n) is 12.3. The Hall–Kier alpha value is -2.02. The third-order valence-corrected chi connectivity index (χ3v) is 7.65. The highest BCUT2D eigenvalue weighted by molar-refractivity contribution is 5.24. The van der Waals surface area contributed by atoms with Gasteiger partial charge in [-0.2, -0.15) is 18.4 Å². The lowest BCUT2D eigenvalue weighted by Gasteiger charge is -2.37. The van der Waals surface area contributed by atoms with Gasteiger partial charge >= 0.3 is 6.18 Å². The van der Waals surface area contributed by atoms with Gasteiger partial charge in [0.25, 0.3) is 0 Å². The summed E-state index contributed by atoms with van der Waals surface area (Å²) >= 11 is 0. The molecule has 4 heteroatoms. The molecule has 32 heavy (non-hydrogen) atoms. The summed E-state index contributed by atoms with van der Waals surface area (Å²) in [4.78, 5) is 0. The average Bonchev–Trinajstić information content (AvgIpc) is 2.80. The van der Waals surface area contributed by atoms with Gasteiger partial charge in [0.15, 0.2) is 0 Å². The zero-order chi connectivity index (χ0) is 22.8. The van der Waals surface area contributed by atoms with Gasteiger partial charge in [-0.05, 0) is 92.7 Å². The number of hydrogen-bond acceptors (Lipinski definition) is 1. The minimum atomic E-state index is -4.25. The standard InChI is InChI=1S/C28H36F3N/c29-28(30,31)27-19-13-24(14-20-27)8-4-3-7-23-11-17-26(18-12-23)25-15-9-22(10-16-25)6-2-1-5-21-32/h1-2,5-6,13-14,19-20,22-23,25-26H,3-4,7-12,15-18H2/t22-,23-,25-,26-. The molecule has 0 radical (unpaired) electrons. The molecule has 2 fully saturated rings. The van der Waals surface area contributed by atoms with Crippen molar-refractivity contribution in [2.45, 2.75) is 83.2 Å². The van der Waals surface area contributed by atoms with Crippen molar-refractivity contribution >= 4 is 0 Å². The molecular weight excluding hydrogens is 407 g/mol. The van der Waals surface area contributed by atoms with Crippen LogP contribution in [-0.2, 0) is 12.6 Å². The van der Waals surface area contributed by atoms with Crippen molar-refractivity contribution in [3.05, 3.63) is 59.7 Å². The number of halogens is 3. The predicted octanol–water partition coefficient (Wildman–Crippen LogP) is 8.67. The van der Waals surface area contributed by atoms with E-state index in [1.165, 1.54) is 82.4 Å². The highest BCUT2D eigenvalue weighted by Gasteiger charge is 2.31. The maximum atomic E-state index is 12.7. The van der Waals surface area contributed by atoms with Gasteiger partial charge in [-0.1, -0.05) is 56.0 Å². The van der Waals surface area contributed by atoms with Crippen LogP contribution in [0.15, 0.2) is 48.6 Å². The number of alkyl halides is 3. The van der Waals surface area contributed by atoms with Crippen LogP contribution in [0.3, 0.4) is 0 Å². The van der Waals surface area contributed by atoms with Crippen LogP contribution >= 0.6 is 0 Å². The van der Waals surface area contributed by atoms with Crippen LogP contribution in [0.25, 0.3) is 0 Å². The van der Waals surface area contributed by atoms with Gasteiger partial charge in [0.1, 0.15) is 0 Å². The van der Waals surface area contributed by atoms with Crippen molar-refractivity contribution in [2.75, 3.05) is 0 Å². The predicted molar refractivity (Wildman–Crippen MR) is 124 cm³/mol. The van der Waals surface area contributed by atoms with Gasteiger partial charge in [-0.3, -0.25) is 0 Å². The Balaban J connectivity index is 1.28. The summed E-state index contributed by atoms with van der Waals surface area (Å²) in [6.07, 6.45) is 18.5. The molecule has 0 saturated heterocycles. The molecule has 3 rings (SSSR count). The summed E-state index contributed by atoms with van der Waals surface area (Å²) < 4.78 is 38.0. The molecular formula is C28H36F3N. The molecule has 174 valence electrons. The van der Waals surface area contributed by atoms with Gasteiger partial charge in [0.2, 0.25) is 0 Å². The third-order valence-electron chi connectivity index (χ3n) is 7.65. The second-order valence-electron chi connectivity index (χ2n) is 9.77. The molecule has 0 aliphatic heterocycles.